The van der Waals surface area contributed by atoms with E-state index in [1.54, 1.807) is 37.2 Å². The number of nitrogens with one attached hydrogen (secondary N) is 2. The molecule has 0 aliphatic heterocycles. The number of nitrogen functional groups attached to an aromatic ring is 1. The van der Waals surface area contributed by atoms with Crippen LogP contribution in [0.3, 0.4) is 0 Å². The van der Waals surface area contributed by atoms with Gasteiger partial charge in [0.2, 0.25) is 5.91 Å². The quantitative estimate of drug-likeness (QED) is 0.688. The summed E-state index contributed by atoms with van der Waals surface area (Å²) in [5.74, 6) is -0.279. The minimum atomic E-state index is -0.189. The molecule has 0 bridgehead atoms. The monoisotopic (exact) mass is 278 g/mol. The SMILES string of the molecule is CNC(=O)c1ccc(N)c(N(C)CC(=O)NC(C)C)c1. The second-order valence-corrected chi connectivity index (χ2v) is 4.93. The molecule has 0 fully saturated rings. The number of hydrogen-bond donors (Lipinski definition) is 3. The maximum atomic E-state index is 11.8. The smallest absolute Gasteiger partial charge is 0.251 e. The molecule has 6 heteroatoms. The van der Waals surface area contributed by atoms with Gasteiger partial charge in [-0.2, -0.15) is 0 Å². The normalized spacial score (nSPS) is 10.2. The minimum Gasteiger partial charge on any atom is -0.397 e. The van der Waals surface area contributed by atoms with Crippen LogP contribution in [0.4, 0.5) is 11.4 Å². The van der Waals surface area contributed by atoms with Crippen molar-refractivity contribution in [1.29, 1.82) is 0 Å². The first-order chi connectivity index (χ1) is 9.35. The van der Waals surface area contributed by atoms with Crippen molar-refractivity contribution in [3.63, 3.8) is 0 Å². The van der Waals surface area contributed by atoms with Gasteiger partial charge in [0, 0.05) is 25.7 Å². The Kier molecular flexibility index (Phi) is 5.37. The Morgan fingerprint density at radius 2 is 2.00 bits per heavy atom. The molecule has 20 heavy (non-hydrogen) atoms. The first-order valence-electron chi connectivity index (χ1n) is 6.47. The van der Waals surface area contributed by atoms with E-state index in [0.717, 1.165) is 0 Å². The Morgan fingerprint density at radius 3 is 2.55 bits per heavy atom. The predicted molar refractivity (Wildman–Crippen MR) is 80.8 cm³/mol. The molecule has 0 aliphatic carbocycles. The number of carbonyl (C=O) groups excluding carboxylic acids is 2. The molecule has 4 N–H and O–H groups in total. The Bertz CT molecular complexity index is 500. The third-order valence-electron chi connectivity index (χ3n) is 2.76. The summed E-state index contributed by atoms with van der Waals surface area (Å²) in [6.45, 7) is 3.98. The number of likely N-dealkylation sites (N-methyl/N-ethyl adjacent to an activating group) is 1. The van der Waals surface area contributed by atoms with Crippen LogP contribution >= 0.6 is 0 Å². The second kappa shape index (κ2) is 6.79. The van der Waals surface area contributed by atoms with E-state index in [4.69, 9.17) is 5.73 Å². The van der Waals surface area contributed by atoms with E-state index >= 15 is 0 Å². The lowest BCUT2D eigenvalue weighted by atomic mass is 10.1. The van der Waals surface area contributed by atoms with Crippen molar-refractivity contribution < 1.29 is 9.59 Å². The average Bonchev–Trinajstić information content (AvgIpc) is 2.37. The maximum Gasteiger partial charge on any atom is 0.251 e. The predicted octanol–water partition coefficient (Wildman–Crippen LogP) is 0.589. The minimum absolute atomic E-state index is 0.0884. The fourth-order valence-electron chi connectivity index (χ4n) is 1.83. The van der Waals surface area contributed by atoms with Gasteiger partial charge in [0.15, 0.2) is 0 Å². The Labute approximate surface area is 119 Å². The van der Waals surface area contributed by atoms with Crippen LogP contribution in [0, 0.1) is 0 Å². The molecule has 0 aromatic heterocycles. The van der Waals surface area contributed by atoms with Gasteiger partial charge in [-0.05, 0) is 32.0 Å². The van der Waals surface area contributed by atoms with E-state index < -0.39 is 0 Å². The second-order valence-electron chi connectivity index (χ2n) is 4.93. The first kappa shape index (κ1) is 15.8. The summed E-state index contributed by atoms with van der Waals surface area (Å²) >= 11 is 0. The zero-order chi connectivity index (χ0) is 15.3. The van der Waals surface area contributed by atoms with Gasteiger partial charge in [-0.3, -0.25) is 9.59 Å². The Morgan fingerprint density at radius 1 is 1.35 bits per heavy atom. The number of rotatable bonds is 5. The molecular weight excluding hydrogens is 256 g/mol. The van der Waals surface area contributed by atoms with Crippen molar-refractivity contribution in [2.45, 2.75) is 19.9 Å². The van der Waals surface area contributed by atoms with Crippen molar-refractivity contribution in [3.8, 4) is 0 Å². The first-order valence-corrected chi connectivity index (χ1v) is 6.47. The van der Waals surface area contributed by atoms with Gasteiger partial charge in [-0.25, -0.2) is 0 Å². The van der Waals surface area contributed by atoms with E-state index in [2.05, 4.69) is 10.6 Å². The van der Waals surface area contributed by atoms with Gasteiger partial charge < -0.3 is 21.3 Å². The molecular formula is C14H22N4O2. The molecule has 0 unspecified atom stereocenters. The van der Waals surface area contributed by atoms with Crippen LogP contribution in [0.25, 0.3) is 0 Å². The molecule has 6 nitrogen and oxygen atoms in total. The molecule has 0 heterocycles. The highest BCUT2D eigenvalue weighted by Crippen LogP contribution is 2.23. The number of hydrogen-bond acceptors (Lipinski definition) is 4. The fourth-order valence-corrected chi connectivity index (χ4v) is 1.83. The van der Waals surface area contributed by atoms with E-state index in [0.29, 0.717) is 16.9 Å². The standard InChI is InChI=1S/C14H22N4O2/c1-9(2)17-13(19)8-18(4)12-7-10(14(20)16-3)5-6-11(12)15/h5-7,9H,8,15H2,1-4H3,(H,16,20)(H,17,19). The lowest BCUT2D eigenvalue weighted by Crippen LogP contribution is -2.38. The highest BCUT2D eigenvalue weighted by molar-refractivity contribution is 5.96. The van der Waals surface area contributed by atoms with Crippen LogP contribution in [-0.2, 0) is 4.79 Å². The summed E-state index contributed by atoms with van der Waals surface area (Å²) in [5, 5.41) is 5.37. The third-order valence-corrected chi connectivity index (χ3v) is 2.76. The van der Waals surface area contributed by atoms with E-state index in [1.165, 1.54) is 0 Å². The van der Waals surface area contributed by atoms with Crippen LogP contribution in [0.15, 0.2) is 18.2 Å². The Hall–Kier alpha value is -2.24. The zero-order valence-corrected chi connectivity index (χ0v) is 12.4. The molecule has 0 radical (unpaired) electrons. The van der Waals surface area contributed by atoms with E-state index in [-0.39, 0.29) is 24.4 Å². The molecule has 0 saturated heterocycles. The van der Waals surface area contributed by atoms with Crippen molar-refractivity contribution in [2.75, 3.05) is 31.3 Å². The van der Waals surface area contributed by atoms with Crippen molar-refractivity contribution in [3.05, 3.63) is 23.8 Å². The lowest BCUT2D eigenvalue weighted by Gasteiger charge is -2.22. The third kappa shape index (κ3) is 4.15. The van der Waals surface area contributed by atoms with Crippen molar-refractivity contribution in [2.24, 2.45) is 0 Å². The largest absolute Gasteiger partial charge is 0.397 e. The molecule has 1 rings (SSSR count). The topological polar surface area (TPSA) is 87.5 Å². The highest BCUT2D eigenvalue weighted by Gasteiger charge is 2.13. The summed E-state index contributed by atoms with van der Waals surface area (Å²) in [7, 11) is 3.33. The number of nitrogens with two attached hydrogens (primary N) is 1. The van der Waals surface area contributed by atoms with E-state index in [1.807, 2.05) is 13.8 Å². The van der Waals surface area contributed by atoms with E-state index in [9.17, 15) is 9.59 Å². The summed E-state index contributed by atoms with van der Waals surface area (Å²) in [4.78, 5) is 25.1. The summed E-state index contributed by atoms with van der Waals surface area (Å²) < 4.78 is 0. The summed E-state index contributed by atoms with van der Waals surface area (Å²) in [6, 6.07) is 5.08. The molecule has 1 aromatic rings. The van der Waals surface area contributed by atoms with Gasteiger partial charge in [-0.1, -0.05) is 0 Å². The number of benzene rings is 1. The van der Waals surface area contributed by atoms with Gasteiger partial charge in [-0.15, -0.1) is 0 Å². The van der Waals surface area contributed by atoms with Crippen LogP contribution in [0.2, 0.25) is 0 Å². The molecule has 110 valence electrons. The van der Waals surface area contributed by atoms with Gasteiger partial charge in [0.05, 0.1) is 17.9 Å². The summed E-state index contributed by atoms with van der Waals surface area (Å²) in [5.41, 5.74) is 7.59. The average molecular weight is 278 g/mol. The molecule has 0 spiro atoms. The molecule has 1 aromatic carbocycles. The van der Waals surface area contributed by atoms with Gasteiger partial charge >= 0.3 is 0 Å². The number of anilines is 2. The van der Waals surface area contributed by atoms with Crippen LogP contribution in [0.5, 0.6) is 0 Å². The molecule has 2 amide bonds. The van der Waals surface area contributed by atoms with Crippen molar-refractivity contribution >= 4 is 23.2 Å². The molecule has 0 saturated carbocycles. The van der Waals surface area contributed by atoms with Crippen LogP contribution in [0.1, 0.15) is 24.2 Å². The number of carbonyl (C=O) groups is 2. The molecule has 0 aliphatic rings. The number of amides is 2. The van der Waals surface area contributed by atoms with Crippen LogP contribution in [-0.4, -0.2) is 38.5 Å². The molecule has 0 atom stereocenters. The van der Waals surface area contributed by atoms with Gasteiger partial charge in [0.25, 0.3) is 5.91 Å². The highest BCUT2D eigenvalue weighted by atomic mass is 16.2. The Balaban J connectivity index is 2.89. The maximum absolute atomic E-state index is 11.8. The summed E-state index contributed by atoms with van der Waals surface area (Å²) in [6.07, 6.45) is 0. The fraction of sp³-hybridized carbons (Fsp3) is 0.429. The van der Waals surface area contributed by atoms with Gasteiger partial charge in [0.1, 0.15) is 0 Å². The number of nitrogens with zero attached hydrogens (tertiary/aromatic N) is 1. The van der Waals surface area contributed by atoms with Crippen LogP contribution < -0.4 is 21.3 Å². The van der Waals surface area contributed by atoms with Crippen molar-refractivity contribution in [1.82, 2.24) is 10.6 Å². The lowest BCUT2D eigenvalue weighted by molar-refractivity contribution is -0.120. The zero-order valence-electron chi connectivity index (χ0n) is 12.4.